The summed E-state index contributed by atoms with van der Waals surface area (Å²) in [5.41, 5.74) is 4.18. The normalized spacial score (nSPS) is 17.2. The van der Waals surface area contributed by atoms with E-state index in [1.165, 1.54) is 17.4 Å². The average Bonchev–Trinajstić information content (AvgIpc) is 2.99. The summed E-state index contributed by atoms with van der Waals surface area (Å²) in [6.45, 7) is 10.8. The first-order chi connectivity index (χ1) is 12.5. The predicted octanol–water partition coefficient (Wildman–Crippen LogP) is 7.17. The molecule has 0 amide bonds. The van der Waals surface area contributed by atoms with Gasteiger partial charge in [0.05, 0.1) is 4.90 Å². The van der Waals surface area contributed by atoms with Crippen LogP contribution >= 0.6 is 11.6 Å². The quantitative estimate of drug-likeness (QED) is 0.484. The largest absolute Gasteiger partial charge is 0.224 e. The van der Waals surface area contributed by atoms with E-state index in [9.17, 15) is 8.42 Å². The Kier molecular flexibility index (Phi) is 9.04. The Bertz CT molecular complexity index is 792. The van der Waals surface area contributed by atoms with Gasteiger partial charge >= 0.3 is 0 Å². The molecule has 2 nitrogen and oxygen atoms in total. The summed E-state index contributed by atoms with van der Waals surface area (Å²) in [5, 5.41) is 0.924. The molecule has 0 atom stereocenters. The van der Waals surface area contributed by atoms with Gasteiger partial charge in [-0.2, -0.15) is 0 Å². The Morgan fingerprint density at radius 1 is 1.11 bits per heavy atom. The molecule has 4 heteroatoms. The van der Waals surface area contributed by atoms with Crippen LogP contribution in [0.1, 0.15) is 65.9 Å². The summed E-state index contributed by atoms with van der Waals surface area (Å²) in [6.07, 6.45) is 11.7. The summed E-state index contributed by atoms with van der Waals surface area (Å²) in [5.74, 6) is 0. The highest BCUT2D eigenvalue weighted by Crippen LogP contribution is 2.40. The number of sulfone groups is 1. The lowest BCUT2D eigenvalue weighted by molar-refractivity contribution is 0.403. The third-order valence-electron chi connectivity index (χ3n) is 4.67. The molecule has 1 aromatic rings. The van der Waals surface area contributed by atoms with Crippen LogP contribution in [-0.4, -0.2) is 14.7 Å². The van der Waals surface area contributed by atoms with E-state index >= 15 is 0 Å². The van der Waals surface area contributed by atoms with Crippen LogP contribution in [0.3, 0.4) is 0 Å². The van der Waals surface area contributed by atoms with Crippen LogP contribution in [0.2, 0.25) is 0 Å². The molecule has 0 saturated heterocycles. The fourth-order valence-corrected chi connectivity index (χ4v) is 3.36. The molecule has 0 heterocycles. The van der Waals surface area contributed by atoms with Crippen molar-refractivity contribution < 1.29 is 8.42 Å². The van der Waals surface area contributed by atoms with Crippen molar-refractivity contribution in [2.75, 3.05) is 6.26 Å². The van der Waals surface area contributed by atoms with Crippen LogP contribution in [0, 0.1) is 5.41 Å². The number of rotatable bonds is 5. The van der Waals surface area contributed by atoms with Crippen molar-refractivity contribution in [2.45, 2.75) is 65.2 Å². The maximum Gasteiger partial charge on any atom is 0.175 e. The molecule has 0 aromatic heterocycles. The van der Waals surface area contributed by atoms with Crippen molar-refractivity contribution in [1.82, 2.24) is 0 Å². The van der Waals surface area contributed by atoms with E-state index in [4.69, 9.17) is 11.6 Å². The third-order valence-corrected chi connectivity index (χ3v) is 6.19. The molecule has 0 bridgehead atoms. The topological polar surface area (TPSA) is 34.1 Å². The number of benzene rings is 1. The summed E-state index contributed by atoms with van der Waals surface area (Å²) in [6, 6.07) is 7.20. The molecular formula is C23H33ClO2S. The number of allylic oxidation sites excluding steroid dienone is 6. The number of halogens is 1. The van der Waals surface area contributed by atoms with Gasteiger partial charge in [0.1, 0.15) is 0 Å². The standard InChI is InChI=1S/C14H18O2S.C9H15Cl/c1-14(2)9-8-12(10-14)11-4-6-13(7-5-11)17(3,15)16;1-4-8(3)6-7-9(10)5-2/h4-8H,9-10H2,1-3H3;6-7H,4-5H2,1-3H3/b;8-6-,9-7+. The van der Waals surface area contributed by atoms with E-state index in [0.717, 1.165) is 36.3 Å². The minimum Gasteiger partial charge on any atom is -0.224 e. The van der Waals surface area contributed by atoms with Gasteiger partial charge in [-0.1, -0.05) is 69.2 Å². The highest BCUT2D eigenvalue weighted by Gasteiger charge is 2.25. The Morgan fingerprint density at radius 3 is 2.11 bits per heavy atom. The van der Waals surface area contributed by atoms with Gasteiger partial charge in [-0.15, -0.1) is 0 Å². The first-order valence-corrected chi connectivity index (χ1v) is 11.8. The molecule has 1 aromatic carbocycles. The lowest BCUT2D eigenvalue weighted by Gasteiger charge is -2.16. The van der Waals surface area contributed by atoms with Gasteiger partial charge in [0, 0.05) is 11.3 Å². The van der Waals surface area contributed by atoms with E-state index in [1.54, 1.807) is 12.1 Å². The van der Waals surface area contributed by atoms with E-state index in [-0.39, 0.29) is 0 Å². The third kappa shape index (κ3) is 8.49. The van der Waals surface area contributed by atoms with Crippen LogP contribution < -0.4 is 0 Å². The molecule has 0 N–H and O–H groups in total. The molecule has 0 saturated carbocycles. The predicted molar refractivity (Wildman–Crippen MR) is 119 cm³/mol. The molecule has 0 spiro atoms. The van der Waals surface area contributed by atoms with Crippen molar-refractivity contribution in [3.8, 4) is 0 Å². The highest BCUT2D eigenvalue weighted by molar-refractivity contribution is 7.90. The van der Waals surface area contributed by atoms with Gasteiger partial charge in [-0.3, -0.25) is 0 Å². The van der Waals surface area contributed by atoms with Crippen LogP contribution in [0.4, 0.5) is 0 Å². The van der Waals surface area contributed by atoms with Crippen LogP contribution in [0.5, 0.6) is 0 Å². The smallest absolute Gasteiger partial charge is 0.175 e. The van der Waals surface area contributed by atoms with Gasteiger partial charge in [0.2, 0.25) is 0 Å². The maximum atomic E-state index is 11.4. The van der Waals surface area contributed by atoms with Crippen molar-refractivity contribution in [3.05, 3.63) is 58.7 Å². The molecule has 2 rings (SSSR count). The lowest BCUT2D eigenvalue weighted by atomic mass is 9.88. The molecule has 0 fully saturated rings. The Labute approximate surface area is 170 Å². The molecule has 0 unspecified atom stereocenters. The summed E-state index contributed by atoms with van der Waals surface area (Å²) in [7, 11) is -3.09. The SMILES string of the molecule is CC/C(C)=C\C=C(\Cl)CC.CC1(C)CC=C(c2ccc(S(C)(=O)=O)cc2)C1. The number of hydrogen-bond acceptors (Lipinski definition) is 2. The second-order valence-electron chi connectivity index (χ2n) is 7.90. The van der Waals surface area contributed by atoms with Crippen LogP contribution in [-0.2, 0) is 9.84 Å². The van der Waals surface area contributed by atoms with Crippen molar-refractivity contribution in [3.63, 3.8) is 0 Å². The second kappa shape index (κ2) is 10.3. The second-order valence-corrected chi connectivity index (χ2v) is 10.4. The van der Waals surface area contributed by atoms with E-state index in [1.807, 2.05) is 25.1 Å². The summed E-state index contributed by atoms with van der Waals surface area (Å²) >= 11 is 5.78. The zero-order valence-corrected chi connectivity index (χ0v) is 19.0. The molecule has 0 aliphatic heterocycles. The molecule has 1 aliphatic carbocycles. The van der Waals surface area contributed by atoms with Crippen LogP contribution in [0.25, 0.3) is 5.57 Å². The van der Waals surface area contributed by atoms with Gasteiger partial charge < -0.3 is 0 Å². The van der Waals surface area contributed by atoms with Crippen LogP contribution in [0.15, 0.2) is 58.0 Å². The maximum absolute atomic E-state index is 11.4. The first-order valence-electron chi connectivity index (χ1n) is 9.50. The summed E-state index contributed by atoms with van der Waals surface area (Å²) < 4.78 is 22.7. The van der Waals surface area contributed by atoms with Gasteiger partial charge in [-0.25, -0.2) is 8.42 Å². The summed E-state index contributed by atoms with van der Waals surface area (Å²) in [4.78, 5) is 0.388. The molecule has 27 heavy (non-hydrogen) atoms. The fraction of sp³-hybridized carbons (Fsp3) is 0.478. The fourth-order valence-electron chi connectivity index (χ4n) is 2.66. The lowest BCUT2D eigenvalue weighted by Crippen LogP contribution is -2.04. The Balaban J connectivity index is 0.000000314. The monoisotopic (exact) mass is 408 g/mol. The minimum absolute atomic E-state index is 0.338. The van der Waals surface area contributed by atoms with Crippen molar-refractivity contribution in [2.24, 2.45) is 5.41 Å². The average molecular weight is 409 g/mol. The van der Waals surface area contributed by atoms with Crippen molar-refractivity contribution >= 4 is 27.0 Å². The van der Waals surface area contributed by atoms with Gasteiger partial charge in [0.25, 0.3) is 0 Å². The molecule has 150 valence electrons. The van der Waals surface area contributed by atoms with E-state index in [0.29, 0.717) is 10.3 Å². The molecular weight excluding hydrogens is 376 g/mol. The van der Waals surface area contributed by atoms with E-state index < -0.39 is 9.84 Å². The minimum atomic E-state index is -3.09. The van der Waals surface area contributed by atoms with Crippen molar-refractivity contribution in [1.29, 1.82) is 0 Å². The van der Waals surface area contributed by atoms with Gasteiger partial charge in [0.15, 0.2) is 9.84 Å². The van der Waals surface area contributed by atoms with Gasteiger partial charge in [-0.05, 0) is 67.4 Å². The zero-order chi connectivity index (χ0) is 20.7. The van der Waals surface area contributed by atoms with E-state index in [2.05, 4.69) is 39.8 Å². The molecule has 1 aliphatic rings. The zero-order valence-electron chi connectivity index (χ0n) is 17.5. The number of hydrogen-bond donors (Lipinski definition) is 0. The highest BCUT2D eigenvalue weighted by atomic mass is 35.5. The first kappa shape index (κ1) is 23.7. The molecule has 0 radical (unpaired) electrons. The Morgan fingerprint density at radius 2 is 1.70 bits per heavy atom. The Hall–Kier alpha value is -1.32.